The number of hydrogen-bond acceptors (Lipinski definition) is 0. The molecule has 0 heterocycles. The normalized spacial score (nSPS) is 24.2. The SMILES string of the molecule is C=C(CC(CC)CC)C1CCC(C(CC)CCCC)CC1. The Morgan fingerprint density at radius 2 is 1.57 bits per heavy atom. The van der Waals surface area contributed by atoms with Gasteiger partial charge in [-0.1, -0.05) is 78.4 Å². The fourth-order valence-electron chi connectivity index (χ4n) is 4.35. The van der Waals surface area contributed by atoms with E-state index in [0.29, 0.717) is 0 Å². The van der Waals surface area contributed by atoms with Crippen LogP contribution in [0, 0.1) is 23.7 Å². The summed E-state index contributed by atoms with van der Waals surface area (Å²) in [6, 6.07) is 0. The van der Waals surface area contributed by atoms with Gasteiger partial charge in [-0.05, 0) is 55.8 Å². The average molecular weight is 293 g/mol. The Kier molecular flexibility index (Phi) is 9.36. The van der Waals surface area contributed by atoms with Crippen LogP contribution in [0.2, 0.25) is 0 Å². The van der Waals surface area contributed by atoms with E-state index >= 15 is 0 Å². The van der Waals surface area contributed by atoms with Crippen LogP contribution in [-0.4, -0.2) is 0 Å². The molecule has 0 aromatic heterocycles. The molecule has 1 unspecified atom stereocenters. The molecule has 0 amide bonds. The predicted octanol–water partition coefficient (Wildman–Crippen LogP) is 7.39. The summed E-state index contributed by atoms with van der Waals surface area (Å²) in [6.45, 7) is 13.8. The van der Waals surface area contributed by atoms with Crippen molar-refractivity contribution in [3.05, 3.63) is 12.2 Å². The fourth-order valence-corrected chi connectivity index (χ4v) is 4.35. The Labute approximate surface area is 134 Å². The van der Waals surface area contributed by atoms with E-state index in [1.165, 1.54) is 70.6 Å². The minimum atomic E-state index is 0.838. The van der Waals surface area contributed by atoms with Gasteiger partial charge in [0.25, 0.3) is 0 Å². The van der Waals surface area contributed by atoms with Crippen LogP contribution in [0.15, 0.2) is 12.2 Å². The highest BCUT2D eigenvalue weighted by atomic mass is 14.3. The smallest absolute Gasteiger partial charge is 0.0206 e. The molecule has 1 aliphatic carbocycles. The number of rotatable bonds is 10. The summed E-state index contributed by atoms with van der Waals surface area (Å²) >= 11 is 0. The summed E-state index contributed by atoms with van der Waals surface area (Å²) < 4.78 is 0. The largest absolute Gasteiger partial charge is 0.0996 e. The standard InChI is InChI=1S/C21H40/c1-6-10-11-19(9-4)21-14-12-20(13-15-21)17(5)16-18(7-2)8-3/h18-21H,5-16H2,1-4H3. The van der Waals surface area contributed by atoms with Gasteiger partial charge in [0.05, 0.1) is 0 Å². The van der Waals surface area contributed by atoms with Crippen LogP contribution in [0.3, 0.4) is 0 Å². The number of hydrogen-bond donors (Lipinski definition) is 0. The van der Waals surface area contributed by atoms with Gasteiger partial charge in [-0.25, -0.2) is 0 Å². The topological polar surface area (TPSA) is 0 Å². The number of allylic oxidation sites excluding steroid dienone is 1. The zero-order chi connectivity index (χ0) is 15.7. The van der Waals surface area contributed by atoms with Gasteiger partial charge in [0.15, 0.2) is 0 Å². The van der Waals surface area contributed by atoms with Gasteiger partial charge in [-0.3, -0.25) is 0 Å². The van der Waals surface area contributed by atoms with Gasteiger partial charge in [0.1, 0.15) is 0 Å². The Hall–Kier alpha value is -0.260. The molecule has 21 heavy (non-hydrogen) atoms. The summed E-state index contributed by atoms with van der Waals surface area (Å²) in [5.41, 5.74) is 1.57. The monoisotopic (exact) mass is 292 g/mol. The van der Waals surface area contributed by atoms with Gasteiger partial charge in [-0.15, -0.1) is 0 Å². The van der Waals surface area contributed by atoms with Gasteiger partial charge < -0.3 is 0 Å². The van der Waals surface area contributed by atoms with Gasteiger partial charge in [-0.2, -0.15) is 0 Å². The highest BCUT2D eigenvalue weighted by Crippen LogP contribution is 2.40. The first-order chi connectivity index (χ1) is 10.2. The maximum absolute atomic E-state index is 4.45. The van der Waals surface area contributed by atoms with Crippen molar-refractivity contribution >= 4 is 0 Å². The molecule has 1 aliphatic rings. The van der Waals surface area contributed by atoms with Crippen molar-refractivity contribution in [3.63, 3.8) is 0 Å². The third-order valence-electron chi connectivity index (χ3n) is 6.17. The van der Waals surface area contributed by atoms with Crippen LogP contribution in [0.1, 0.15) is 98.3 Å². The first kappa shape index (κ1) is 18.8. The summed E-state index contributed by atoms with van der Waals surface area (Å²) in [4.78, 5) is 0. The second-order valence-corrected chi connectivity index (χ2v) is 7.47. The lowest BCUT2D eigenvalue weighted by atomic mass is 9.71. The lowest BCUT2D eigenvalue weighted by molar-refractivity contribution is 0.198. The first-order valence-electron chi connectivity index (χ1n) is 9.83. The Bertz CT molecular complexity index is 266. The van der Waals surface area contributed by atoms with Crippen molar-refractivity contribution in [1.29, 1.82) is 0 Å². The zero-order valence-corrected chi connectivity index (χ0v) is 15.3. The minimum absolute atomic E-state index is 0.838. The van der Waals surface area contributed by atoms with Crippen molar-refractivity contribution in [1.82, 2.24) is 0 Å². The van der Waals surface area contributed by atoms with E-state index in [2.05, 4.69) is 34.3 Å². The molecule has 0 nitrogen and oxygen atoms in total. The van der Waals surface area contributed by atoms with Crippen LogP contribution in [-0.2, 0) is 0 Å². The highest BCUT2D eigenvalue weighted by molar-refractivity contribution is 5.03. The van der Waals surface area contributed by atoms with E-state index in [-0.39, 0.29) is 0 Å². The molecular formula is C21H40. The summed E-state index contributed by atoms with van der Waals surface area (Å²) in [6.07, 6.45) is 15.4. The summed E-state index contributed by atoms with van der Waals surface area (Å²) in [5, 5.41) is 0. The molecule has 1 saturated carbocycles. The van der Waals surface area contributed by atoms with Crippen LogP contribution >= 0.6 is 0 Å². The average Bonchev–Trinajstić information content (AvgIpc) is 2.53. The lowest BCUT2D eigenvalue weighted by Gasteiger charge is -2.35. The highest BCUT2D eigenvalue weighted by Gasteiger charge is 2.27. The molecule has 124 valence electrons. The quantitative estimate of drug-likeness (QED) is 0.368. The Balaban J connectivity index is 2.38. The lowest BCUT2D eigenvalue weighted by Crippen LogP contribution is -2.23. The molecule has 1 rings (SSSR count). The van der Waals surface area contributed by atoms with E-state index in [9.17, 15) is 0 Å². The maximum Gasteiger partial charge on any atom is -0.0206 e. The van der Waals surface area contributed by atoms with E-state index in [1.807, 2.05) is 0 Å². The Morgan fingerprint density at radius 1 is 0.952 bits per heavy atom. The van der Waals surface area contributed by atoms with Crippen LogP contribution in [0.25, 0.3) is 0 Å². The molecule has 0 radical (unpaired) electrons. The van der Waals surface area contributed by atoms with Gasteiger partial charge >= 0.3 is 0 Å². The second-order valence-electron chi connectivity index (χ2n) is 7.47. The van der Waals surface area contributed by atoms with Crippen molar-refractivity contribution in [2.24, 2.45) is 23.7 Å². The molecule has 0 aromatic rings. The van der Waals surface area contributed by atoms with Gasteiger partial charge in [0, 0.05) is 0 Å². The first-order valence-corrected chi connectivity index (χ1v) is 9.83. The van der Waals surface area contributed by atoms with E-state index in [4.69, 9.17) is 0 Å². The van der Waals surface area contributed by atoms with E-state index in [1.54, 1.807) is 5.57 Å². The molecule has 1 atom stereocenters. The second kappa shape index (κ2) is 10.5. The molecule has 0 spiro atoms. The van der Waals surface area contributed by atoms with E-state index < -0.39 is 0 Å². The van der Waals surface area contributed by atoms with Crippen LogP contribution < -0.4 is 0 Å². The van der Waals surface area contributed by atoms with E-state index in [0.717, 1.165) is 23.7 Å². The molecule has 0 bridgehead atoms. The molecule has 1 fully saturated rings. The van der Waals surface area contributed by atoms with Crippen molar-refractivity contribution in [2.75, 3.05) is 0 Å². The molecule has 0 saturated heterocycles. The molecule has 0 aliphatic heterocycles. The van der Waals surface area contributed by atoms with Crippen LogP contribution in [0.5, 0.6) is 0 Å². The molecule has 0 N–H and O–H groups in total. The number of unbranched alkanes of at least 4 members (excludes halogenated alkanes) is 1. The van der Waals surface area contributed by atoms with Crippen molar-refractivity contribution in [3.8, 4) is 0 Å². The molecular weight excluding hydrogens is 252 g/mol. The molecule has 0 heteroatoms. The van der Waals surface area contributed by atoms with Gasteiger partial charge in [0.2, 0.25) is 0 Å². The van der Waals surface area contributed by atoms with Crippen LogP contribution in [0.4, 0.5) is 0 Å². The zero-order valence-electron chi connectivity index (χ0n) is 15.3. The maximum atomic E-state index is 4.45. The predicted molar refractivity (Wildman–Crippen MR) is 96.6 cm³/mol. The summed E-state index contributed by atoms with van der Waals surface area (Å²) in [5.74, 6) is 3.73. The third kappa shape index (κ3) is 6.17. The van der Waals surface area contributed by atoms with Crippen molar-refractivity contribution in [2.45, 2.75) is 98.3 Å². The fraction of sp³-hybridized carbons (Fsp3) is 0.905. The Morgan fingerprint density at radius 3 is 2.05 bits per heavy atom. The molecule has 0 aromatic carbocycles. The summed E-state index contributed by atoms with van der Waals surface area (Å²) in [7, 11) is 0. The van der Waals surface area contributed by atoms with Crippen molar-refractivity contribution < 1.29 is 0 Å². The third-order valence-corrected chi connectivity index (χ3v) is 6.17. The minimum Gasteiger partial charge on any atom is -0.0996 e.